The molecule has 5 nitrogen and oxygen atoms in total. The molecular formula is C24H26N4O. The Bertz CT molecular complexity index is 972. The highest BCUT2D eigenvalue weighted by Gasteiger charge is 2.29. The van der Waals surface area contributed by atoms with Crippen LogP contribution in [0.5, 0.6) is 0 Å². The van der Waals surface area contributed by atoms with Gasteiger partial charge in [-0.05, 0) is 48.9 Å². The fraction of sp³-hybridized carbons (Fsp3) is 0.333. The minimum atomic E-state index is 0.0445. The standard InChI is InChI=1S/C24H26N4O/c29-24(26-22-10-11-22)20-8-6-18(7-9-20)15-27(23-12-13-23)17-28-16-21(14-25-28)19-4-2-1-3-5-19/h1-9,14,16,22-23H,10-13,15,17H2,(H,26,29). The van der Waals surface area contributed by atoms with Crippen LogP contribution in [0.15, 0.2) is 67.0 Å². The first-order valence-corrected chi connectivity index (χ1v) is 10.5. The zero-order valence-electron chi connectivity index (χ0n) is 16.5. The van der Waals surface area contributed by atoms with Gasteiger partial charge >= 0.3 is 0 Å². The molecule has 1 heterocycles. The Labute approximate surface area is 171 Å². The van der Waals surface area contributed by atoms with Crippen LogP contribution in [-0.2, 0) is 13.2 Å². The summed E-state index contributed by atoms with van der Waals surface area (Å²) >= 11 is 0. The van der Waals surface area contributed by atoms with E-state index in [1.165, 1.54) is 24.0 Å². The van der Waals surface area contributed by atoms with E-state index < -0.39 is 0 Å². The van der Waals surface area contributed by atoms with E-state index in [1.807, 2.05) is 29.1 Å². The first kappa shape index (κ1) is 18.1. The van der Waals surface area contributed by atoms with E-state index >= 15 is 0 Å². The maximum atomic E-state index is 12.2. The summed E-state index contributed by atoms with van der Waals surface area (Å²) in [6.45, 7) is 1.65. The fourth-order valence-corrected chi connectivity index (χ4v) is 3.63. The van der Waals surface area contributed by atoms with Crippen LogP contribution in [0, 0.1) is 0 Å². The van der Waals surface area contributed by atoms with Crippen LogP contribution in [0.3, 0.4) is 0 Å². The molecule has 5 rings (SSSR count). The molecule has 2 aliphatic carbocycles. The molecule has 0 bridgehead atoms. The van der Waals surface area contributed by atoms with E-state index in [0.717, 1.165) is 37.2 Å². The minimum absolute atomic E-state index is 0.0445. The van der Waals surface area contributed by atoms with Gasteiger partial charge in [0.15, 0.2) is 0 Å². The SMILES string of the molecule is O=C(NC1CC1)c1ccc(CN(Cn2cc(-c3ccccc3)cn2)C2CC2)cc1. The third-order valence-electron chi connectivity index (χ3n) is 5.64. The molecule has 2 aliphatic rings. The second-order valence-electron chi connectivity index (χ2n) is 8.20. The van der Waals surface area contributed by atoms with Crippen LogP contribution in [0.1, 0.15) is 41.6 Å². The highest BCUT2D eigenvalue weighted by molar-refractivity contribution is 5.94. The summed E-state index contributed by atoms with van der Waals surface area (Å²) in [6.07, 6.45) is 8.77. The van der Waals surface area contributed by atoms with Gasteiger partial charge in [-0.3, -0.25) is 14.4 Å². The number of aromatic nitrogens is 2. The molecule has 29 heavy (non-hydrogen) atoms. The summed E-state index contributed by atoms with van der Waals surface area (Å²) in [6, 6.07) is 19.4. The van der Waals surface area contributed by atoms with Gasteiger partial charge in [-0.15, -0.1) is 0 Å². The van der Waals surface area contributed by atoms with Crippen LogP contribution >= 0.6 is 0 Å². The number of carbonyl (C=O) groups is 1. The average molecular weight is 386 g/mol. The molecule has 2 aromatic carbocycles. The lowest BCUT2D eigenvalue weighted by Crippen LogP contribution is -2.28. The highest BCUT2D eigenvalue weighted by Crippen LogP contribution is 2.29. The van der Waals surface area contributed by atoms with Gasteiger partial charge < -0.3 is 5.32 Å². The lowest BCUT2D eigenvalue weighted by atomic mass is 10.1. The highest BCUT2D eigenvalue weighted by atomic mass is 16.1. The van der Waals surface area contributed by atoms with Gasteiger partial charge in [0.2, 0.25) is 0 Å². The predicted molar refractivity (Wildman–Crippen MR) is 113 cm³/mol. The molecular weight excluding hydrogens is 360 g/mol. The number of nitrogens with one attached hydrogen (secondary N) is 1. The monoisotopic (exact) mass is 386 g/mol. The van der Waals surface area contributed by atoms with Crippen molar-refractivity contribution in [3.63, 3.8) is 0 Å². The van der Waals surface area contributed by atoms with Crippen molar-refractivity contribution in [3.05, 3.63) is 78.1 Å². The number of rotatable bonds is 8. The number of benzene rings is 2. The molecule has 3 aromatic rings. The summed E-state index contributed by atoms with van der Waals surface area (Å²) in [5.74, 6) is 0.0445. The Kier molecular flexibility index (Phi) is 4.90. The van der Waals surface area contributed by atoms with Gasteiger partial charge in [0.1, 0.15) is 0 Å². The number of nitrogens with zero attached hydrogens (tertiary/aromatic N) is 3. The van der Waals surface area contributed by atoms with Gasteiger partial charge in [-0.2, -0.15) is 5.10 Å². The molecule has 0 atom stereocenters. The quantitative estimate of drug-likeness (QED) is 0.635. The van der Waals surface area contributed by atoms with Crippen LogP contribution < -0.4 is 5.32 Å². The van der Waals surface area contributed by atoms with E-state index in [0.29, 0.717) is 12.1 Å². The summed E-state index contributed by atoms with van der Waals surface area (Å²) in [7, 11) is 0. The van der Waals surface area contributed by atoms with Crippen molar-refractivity contribution in [1.82, 2.24) is 20.0 Å². The van der Waals surface area contributed by atoms with Gasteiger partial charge in [0, 0.05) is 36.0 Å². The Balaban J connectivity index is 1.24. The largest absolute Gasteiger partial charge is 0.349 e. The van der Waals surface area contributed by atoms with Crippen LogP contribution in [-0.4, -0.2) is 32.7 Å². The maximum absolute atomic E-state index is 12.2. The molecule has 2 fully saturated rings. The van der Waals surface area contributed by atoms with Gasteiger partial charge in [-0.25, -0.2) is 0 Å². The first-order valence-electron chi connectivity index (χ1n) is 10.5. The van der Waals surface area contributed by atoms with Crippen molar-refractivity contribution in [2.24, 2.45) is 0 Å². The molecule has 0 radical (unpaired) electrons. The number of hydrogen-bond donors (Lipinski definition) is 1. The molecule has 148 valence electrons. The van der Waals surface area contributed by atoms with Gasteiger partial charge in [0.25, 0.3) is 5.91 Å². The third kappa shape index (κ3) is 4.57. The molecule has 1 N–H and O–H groups in total. The number of carbonyl (C=O) groups excluding carboxylic acids is 1. The molecule has 0 aliphatic heterocycles. The van der Waals surface area contributed by atoms with Gasteiger partial charge in [0.05, 0.1) is 12.9 Å². The van der Waals surface area contributed by atoms with Crippen molar-refractivity contribution in [1.29, 1.82) is 0 Å². The molecule has 1 aromatic heterocycles. The number of amides is 1. The Hall–Kier alpha value is -2.92. The Morgan fingerprint density at radius 3 is 2.45 bits per heavy atom. The second-order valence-corrected chi connectivity index (χ2v) is 8.20. The molecule has 1 amide bonds. The van der Waals surface area contributed by atoms with Crippen LogP contribution in [0.2, 0.25) is 0 Å². The summed E-state index contributed by atoms with van der Waals surface area (Å²) < 4.78 is 2.03. The van der Waals surface area contributed by atoms with E-state index in [1.54, 1.807) is 0 Å². The second kappa shape index (κ2) is 7.84. The Morgan fingerprint density at radius 2 is 1.76 bits per heavy atom. The fourth-order valence-electron chi connectivity index (χ4n) is 3.63. The lowest BCUT2D eigenvalue weighted by Gasteiger charge is -2.22. The molecule has 0 spiro atoms. The molecule has 5 heteroatoms. The smallest absolute Gasteiger partial charge is 0.251 e. The lowest BCUT2D eigenvalue weighted by molar-refractivity contribution is 0.0951. The van der Waals surface area contributed by atoms with E-state index in [2.05, 4.69) is 57.9 Å². The molecule has 0 unspecified atom stereocenters. The minimum Gasteiger partial charge on any atom is -0.349 e. The third-order valence-corrected chi connectivity index (χ3v) is 5.64. The zero-order valence-corrected chi connectivity index (χ0v) is 16.5. The Morgan fingerprint density at radius 1 is 1.00 bits per heavy atom. The van der Waals surface area contributed by atoms with Crippen molar-refractivity contribution in [2.75, 3.05) is 0 Å². The average Bonchev–Trinajstić information content (AvgIpc) is 3.69. The summed E-state index contributed by atoms with van der Waals surface area (Å²) in [4.78, 5) is 14.6. The van der Waals surface area contributed by atoms with E-state index in [4.69, 9.17) is 0 Å². The summed E-state index contributed by atoms with van der Waals surface area (Å²) in [5, 5.41) is 7.62. The van der Waals surface area contributed by atoms with Gasteiger partial charge in [-0.1, -0.05) is 42.5 Å². The topological polar surface area (TPSA) is 50.2 Å². The molecule has 2 saturated carbocycles. The predicted octanol–water partition coefficient (Wildman–Crippen LogP) is 4.06. The van der Waals surface area contributed by atoms with Crippen molar-refractivity contribution < 1.29 is 4.79 Å². The number of hydrogen-bond acceptors (Lipinski definition) is 3. The molecule has 0 saturated heterocycles. The van der Waals surface area contributed by atoms with Crippen LogP contribution in [0.25, 0.3) is 11.1 Å². The first-order chi connectivity index (χ1) is 14.2. The summed E-state index contributed by atoms with van der Waals surface area (Å²) in [5.41, 5.74) is 4.32. The van der Waals surface area contributed by atoms with Crippen molar-refractivity contribution >= 4 is 5.91 Å². The van der Waals surface area contributed by atoms with E-state index in [-0.39, 0.29) is 5.91 Å². The van der Waals surface area contributed by atoms with E-state index in [9.17, 15) is 4.79 Å². The van der Waals surface area contributed by atoms with Crippen molar-refractivity contribution in [2.45, 2.75) is 51.0 Å². The normalized spacial score (nSPS) is 16.2. The van der Waals surface area contributed by atoms with Crippen molar-refractivity contribution in [3.8, 4) is 11.1 Å². The zero-order chi connectivity index (χ0) is 19.6. The van der Waals surface area contributed by atoms with Crippen LogP contribution in [0.4, 0.5) is 0 Å². The maximum Gasteiger partial charge on any atom is 0.251 e.